The van der Waals surface area contributed by atoms with Gasteiger partial charge >= 0.3 is 0 Å². The summed E-state index contributed by atoms with van der Waals surface area (Å²) in [5, 5.41) is 0. The van der Waals surface area contributed by atoms with E-state index in [0.717, 1.165) is 32.8 Å². The summed E-state index contributed by atoms with van der Waals surface area (Å²) in [5.41, 5.74) is 6.07. The second kappa shape index (κ2) is 2.44. The van der Waals surface area contributed by atoms with Crippen LogP contribution in [0.5, 0.6) is 0 Å². The van der Waals surface area contributed by atoms with Crippen molar-refractivity contribution in [1.82, 2.24) is 4.90 Å². The third-order valence-corrected chi connectivity index (χ3v) is 3.10. The molecule has 0 aliphatic carbocycles. The zero-order chi connectivity index (χ0) is 7.90. The Kier molecular flexibility index (Phi) is 1.67. The van der Waals surface area contributed by atoms with Crippen LogP contribution in [0.3, 0.4) is 0 Å². The van der Waals surface area contributed by atoms with E-state index in [1.54, 1.807) is 0 Å². The van der Waals surface area contributed by atoms with Crippen molar-refractivity contribution in [1.29, 1.82) is 0 Å². The Morgan fingerprint density at radius 2 is 2.55 bits per heavy atom. The molecule has 2 aliphatic rings. The Morgan fingerprint density at radius 1 is 1.73 bits per heavy atom. The minimum Gasteiger partial charge on any atom is -0.380 e. The van der Waals surface area contributed by atoms with Gasteiger partial charge in [-0.3, -0.25) is 0 Å². The Labute approximate surface area is 67.5 Å². The molecule has 2 aliphatic heterocycles. The van der Waals surface area contributed by atoms with Crippen molar-refractivity contribution in [2.45, 2.75) is 0 Å². The van der Waals surface area contributed by atoms with E-state index in [9.17, 15) is 0 Å². The quantitative estimate of drug-likeness (QED) is 0.557. The van der Waals surface area contributed by atoms with Crippen molar-refractivity contribution in [3.05, 3.63) is 0 Å². The molecule has 0 bridgehead atoms. The molecule has 0 amide bonds. The van der Waals surface area contributed by atoms with Gasteiger partial charge in [-0.1, -0.05) is 0 Å². The number of hydrogen-bond donors (Lipinski definition) is 1. The van der Waals surface area contributed by atoms with Crippen LogP contribution >= 0.6 is 0 Å². The number of hydrogen-bond acceptors (Lipinski definition) is 3. The van der Waals surface area contributed by atoms with E-state index in [2.05, 4.69) is 11.9 Å². The van der Waals surface area contributed by atoms with Crippen LogP contribution in [0.1, 0.15) is 0 Å². The Hall–Kier alpha value is -0.120. The lowest BCUT2D eigenvalue weighted by Gasteiger charge is -2.24. The van der Waals surface area contributed by atoms with Gasteiger partial charge in [0.25, 0.3) is 0 Å². The molecular formula is C8H16N2O. The second-order valence-electron chi connectivity index (χ2n) is 3.98. The highest BCUT2D eigenvalue weighted by atomic mass is 16.5. The van der Waals surface area contributed by atoms with Crippen LogP contribution in [0.15, 0.2) is 0 Å². The number of ether oxygens (including phenoxy) is 1. The Morgan fingerprint density at radius 3 is 3.18 bits per heavy atom. The summed E-state index contributed by atoms with van der Waals surface area (Å²) in [4.78, 5) is 2.36. The molecule has 2 unspecified atom stereocenters. The standard InChI is InChI=1S/C8H16N2O/c1-10-2-7-3-11-6-8(7,4-9)5-10/h7H,2-6,9H2,1H3. The van der Waals surface area contributed by atoms with Gasteiger partial charge in [-0.2, -0.15) is 0 Å². The molecule has 3 heteroatoms. The molecule has 0 aromatic carbocycles. The molecule has 0 spiro atoms. The van der Waals surface area contributed by atoms with E-state index in [-0.39, 0.29) is 0 Å². The maximum atomic E-state index is 5.77. The molecule has 2 heterocycles. The summed E-state index contributed by atoms with van der Waals surface area (Å²) in [5.74, 6) is 0.692. The van der Waals surface area contributed by atoms with Gasteiger partial charge in [0.05, 0.1) is 13.2 Å². The number of nitrogens with two attached hydrogens (primary N) is 1. The Balaban J connectivity index is 2.15. The topological polar surface area (TPSA) is 38.5 Å². The number of likely N-dealkylation sites (tertiary alicyclic amines) is 1. The van der Waals surface area contributed by atoms with Gasteiger partial charge in [0.1, 0.15) is 0 Å². The van der Waals surface area contributed by atoms with Gasteiger partial charge in [0, 0.05) is 31.0 Å². The summed E-state index contributed by atoms with van der Waals surface area (Å²) < 4.78 is 5.45. The monoisotopic (exact) mass is 156 g/mol. The molecule has 2 fully saturated rings. The van der Waals surface area contributed by atoms with Crippen LogP contribution in [-0.2, 0) is 4.74 Å². The van der Waals surface area contributed by atoms with Crippen LogP contribution in [0.2, 0.25) is 0 Å². The van der Waals surface area contributed by atoms with E-state index in [1.807, 2.05) is 0 Å². The SMILES string of the molecule is CN1CC2COCC2(CN)C1. The van der Waals surface area contributed by atoms with Crippen LogP contribution < -0.4 is 5.73 Å². The average molecular weight is 156 g/mol. The van der Waals surface area contributed by atoms with Crippen molar-refractivity contribution in [2.75, 3.05) is 39.9 Å². The first-order valence-corrected chi connectivity index (χ1v) is 4.23. The molecule has 2 saturated heterocycles. The fourth-order valence-electron chi connectivity index (χ4n) is 2.39. The fraction of sp³-hybridized carbons (Fsp3) is 1.00. The lowest BCUT2D eigenvalue weighted by Crippen LogP contribution is -2.37. The van der Waals surface area contributed by atoms with Crippen molar-refractivity contribution in [2.24, 2.45) is 17.1 Å². The largest absolute Gasteiger partial charge is 0.380 e. The minimum absolute atomic E-state index is 0.300. The molecule has 2 rings (SSSR count). The Bertz CT molecular complexity index is 162. The lowest BCUT2D eigenvalue weighted by atomic mass is 9.81. The van der Waals surface area contributed by atoms with Gasteiger partial charge in [-0.05, 0) is 7.05 Å². The van der Waals surface area contributed by atoms with E-state index in [4.69, 9.17) is 10.5 Å². The average Bonchev–Trinajstić information content (AvgIpc) is 2.43. The van der Waals surface area contributed by atoms with E-state index in [1.165, 1.54) is 0 Å². The highest BCUT2D eigenvalue weighted by Crippen LogP contribution is 2.39. The van der Waals surface area contributed by atoms with Crippen molar-refractivity contribution < 1.29 is 4.74 Å². The summed E-state index contributed by atoms with van der Waals surface area (Å²) in [6, 6.07) is 0. The second-order valence-corrected chi connectivity index (χ2v) is 3.98. The van der Waals surface area contributed by atoms with Crippen LogP contribution in [0.25, 0.3) is 0 Å². The summed E-state index contributed by atoms with van der Waals surface area (Å²) >= 11 is 0. The van der Waals surface area contributed by atoms with Gasteiger partial charge in [-0.15, -0.1) is 0 Å². The van der Waals surface area contributed by atoms with Crippen LogP contribution in [0, 0.1) is 11.3 Å². The first kappa shape index (κ1) is 7.53. The molecule has 3 nitrogen and oxygen atoms in total. The van der Waals surface area contributed by atoms with Crippen molar-refractivity contribution >= 4 is 0 Å². The molecule has 11 heavy (non-hydrogen) atoms. The summed E-state index contributed by atoms with van der Waals surface area (Å²) in [7, 11) is 2.16. The summed E-state index contributed by atoms with van der Waals surface area (Å²) in [6.07, 6.45) is 0. The highest BCUT2D eigenvalue weighted by Gasteiger charge is 2.48. The molecule has 2 N–H and O–H groups in total. The zero-order valence-electron chi connectivity index (χ0n) is 7.05. The molecular weight excluding hydrogens is 140 g/mol. The van der Waals surface area contributed by atoms with Gasteiger partial charge in [0.2, 0.25) is 0 Å². The third kappa shape index (κ3) is 0.991. The van der Waals surface area contributed by atoms with Crippen LogP contribution in [0.4, 0.5) is 0 Å². The maximum Gasteiger partial charge on any atom is 0.0551 e. The summed E-state index contributed by atoms with van der Waals surface area (Å²) in [6.45, 7) is 4.85. The fourth-order valence-corrected chi connectivity index (χ4v) is 2.39. The smallest absolute Gasteiger partial charge is 0.0551 e. The highest BCUT2D eigenvalue weighted by molar-refractivity contribution is 4.99. The predicted molar refractivity (Wildman–Crippen MR) is 43.3 cm³/mol. The van der Waals surface area contributed by atoms with Gasteiger partial charge < -0.3 is 15.4 Å². The van der Waals surface area contributed by atoms with E-state index in [0.29, 0.717) is 11.3 Å². The molecule has 0 saturated carbocycles. The first-order valence-electron chi connectivity index (χ1n) is 4.23. The maximum absolute atomic E-state index is 5.77. The molecule has 0 aromatic heterocycles. The van der Waals surface area contributed by atoms with Gasteiger partial charge in [0.15, 0.2) is 0 Å². The molecule has 2 atom stereocenters. The number of fused-ring (bicyclic) bond motifs is 1. The normalized spacial score (nSPS) is 44.7. The van der Waals surface area contributed by atoms with Crippen molar-refractivity contribution in [3.63, 3.8) is 0 Å². The predicted octanol–water partition coefficient (Wildman–Crippen LogP) is -0.477. The van der Waals surface area contributed by atoms with Crippen LogP contribution in [-0.4, -0.2) is 44.8 Å². The molecule has 0 radical (unpaired) electrons. The minimum atomic E-state index is 0.300. The third-order valence-electron chi connectivity index (χ3n) is 3.10. The van der Waals surface area contributed by atoms with E-state index < -0.39 is 0 Å². The van der Waals surface area contributed by atoms with Gasteiger partial charge in [-0.25, -0.2) is 0 Å². The molecule has 0 aromatic rings. The van der Waals surface area contributed by atoms with E-state index >= 15 is 0 Å². The lowest BCUT2D eigenvalue weighted by molar-refractivity contribution is 0.138. The van der Waals surface area contributed by atoms with Crippen molar-refractivity contribution in [3.8, 4) is 0 Å². The number of rotatable bonds is 1. The zero-order valence-corrected chi connectivity index (χ0v) is 7.05. The first-order chi connectivity index (χ1) is 5.27. The molecule has 64 valence electrons. The number of nitrogens with zero attached hydrogens (tertiary/aromatic N) is 1.